The maximum atomic E-state index is 14.3. The van der Waals surface area contributed by atoms with Gasteiger partial charge in [0.1, 0.15) is 11.5 Å². The number of amides is 1. The van der Waals surface area contributed by atoms with E-state index >= 15 is 0 Å². The van der Waals surface area contributed by atoms with E-state index in [0.29, 0.717) is 17.9 Å². The highest BCUT2D eigenvalue weighted by molar-refractivity contribution is 6.37. The summed E-state index contributed by atoms with van der Waals surface area (Å²) in [5.74, 6) is -0.482. The Balaban J connectivity index is 1.62. The third kappa shape index (κ3) is 3.36. The Bertz CT molecular complexity index is 1190. The number of carbonyl (C=O) groups is 1. The molecule has 1 amide bonds. The van der Waals surface area contributed by atoms with E-state index in [4.69, 9.17) is 28.2 Å². The molecule has 31 heavy (non-hydrogen) atoms. The lowest BCUT2D eigenvalue weighted by Gasteiger charge is -2.46. The summed E-state index contributed by atoms with van der Waals surface area (Å²) in [6, 6.07) is 2.55. The first-order valence-corrected chi connectivity index (χ1v) is 10.8. The lowest BCUT2D eigenvalue weighted by atomic mass is 9.81. The first-order valence-electron chi connectivity index (χ1n) is 10.1. The van der Waals surface area contributed by atoms with Gasteiger partial charge in [-0.1, -0.05) is 23.2 Å². The Morgan fingerprint density at radius 3 is 2.81 bits per heavy atom. The molecule has 2 aliphatic rings. The van der Waals surface area contributed by atoms with Crippen molar-refractivity contribution in [2.45, 2.75) is 44.7 Å². The van der Waals surface area contributed by atoms with Gasteiger partial charge in [0.25, 0.3) is 5.91 Å². The van der Waals surface area contributed by atoms with Crippen molar-refractivity contribution in [1.82, 2.24) is 24.8 Å². The Morgan fingerprint density at radius 1 is 1.19 bits per heavy atom. The number of halogens is 3. The van der Waals surface area contributed by atoms with Crippen LogP contribution >= 0.6 is 23.2 Å². The molecule has 6 nitrogen and oxygen atoms in total. The molecule has 9 heteroatoms. The molecular weight excluding hydrogens is 440 g/mol. The average molecular weight is 458 g/mol. The van der Waals surface area contributed by atoms with Gasteiger partial charge in [-0.25, -0.2) is 14.4 Å². The molecule has 2 bridgehead atoms. The van der Waals surface area contributed by atoms with E-state index in [1.807, 2.05) is 11.8 Å². The molecule has 1 fully saturated rings. The quantitative estimate of drug-likeness (QED) is 0.507. The molecule has 0 aliphatic carbocycles. The average Bonchev–Trinajstić information content (AvgIpc) is 2.77. The van der Waals surface area contributed by atoms with Crippen LogP contribution in [0.2, 0.25) is 10.0 Å². The van der Waals surface area contributed by atoms with Crippen molar-refractivity contribution in [2.24, 2.45) is 0 Å². The molecule has 3 aromatic rings. The number of aromatic nitrogens is 4. The van der Waals surface area contributed by atoms with Gasteiger partial charge in [0, 0.05) is 24.0 Å². The fourth-order valence-electron chi connectivity index (χ4n) is 4.65. The van der Waals surface area contributed by atoms with E-state index in [1.165, 1.54) is 12.1 Å². The minimum Gasteiger partial charge on any atom is -0.327 e. The highest BCUT2D eigenvalue weighted by atomic mass is 35.5. The summed E-state index contributed by atoms with van der Waals surface area (Å²) >= 11 is 12.0. The van der Waals surface area contributed by atoms with Crippen molar-refractivity contribution >= 4 is 29.1 Å². The van der Waals surface area contributed by atoms with Crippen LogP contribution in [0.1, 0.15) is 52.7 Å². The van der Waals surface area contributed by atoms with Gasteiger partial charge in [-0.05, 0) is 44.7 Å². The number of nitrogens with zero attached hydrogens (tertiary/aromatic N) is 5. The van der Waals surface area contributed by atoms with Crippen molar-refractivity contribution in [3.63, 3.8) is 0 Å². The normalized spacial score (nSPS) is 19.8. The number of rotatable bonds is 2. The predicted molar refractivity (Wildman–Crippen MR) is 114 cm³/mol. The van der Waals surface area contributed by atoms with Gasteiger partial charge in [-0.2, -0.15) is 0 Å². The van der Waals surface area contributed by atoms with Crippen LogP contribution < -0.4 is 0 Å². The fraction of sp³-hybridized carbons (Fsp3) is 0.318. The number of carbonyl (C=O) groups excluding carboxylic acids is 1. The Kier molecular flexibility index (Phi) is 5.10. The van der Waals surface area contributed by atoms with Crippen molar-refractivity contribution in [1.29, 1.82) is 0 Å². The van der Waals surface area contributed by atoms with E-state index in [9.17, 15) is 9.18 Å². The summed E-state index contributed by atoms with van der Waals surface area (Å²) in [7, 11) is 0. The van der Waals surface area contributed by atoms with E-state index in [-0.39, 0.29) is 33.6 Å². The van der Waals surface area contributed by atoms with Crippen LogP contribution in [0.25, 0.3) is 11.4 Å². The van der Waals surface area contributed by atoms with Crippen LogP contribution in [-0.4, -0.2) is 36.8 Å². The lowest BCUT2D eigenvalue weighted by molar-refractivity contribution is 0.0388. The molecule has 4 heterocycles. The molecular formula is C22H18Cl2FN5O. The Labute approximate surface area is 188 Å². The maximum Gasteiger partial charge on any atom is 0.256 e. The standard InChI is InChI=1S/C22H18Cl2FN5O/c1-11-28-20(16-10-26-7-8-27-16)14-9-12-3-2-4-17(21(14)29-11)30(12)22(31)13-5-6-15(23)19(25)18(13)24/h5-8,10,12,17H,2-4,9H2,1H3/t12-,17+/m0/s1. The first kappa shape index (κ1) is 20.3. The topological polar surface area (TPSA) is 71.9 Å². The van der Waals surface area contributed by atoms with E-state index in [1.54, 1.807) is 18.6 Å². The molecule has 0 N–H and O–H groups in total. The summed E-state index contributed by atoms with van der Waals surface area (Å²) in [6.45, 7) is 1.83. The Hall–Kier alpha value is -2.64. The molecule has 2 aromatic heterocycles. The minimum absolute atomic E-state index is 0.0599. The van der Waals surface area contributed by atoms with Gasteiger partial charge >= 0.3 is 0 Å². The molecule has 0 radical (unpaired) electrons. The van der Waals surface area contributed by atoms with Crippen LogP contribution in [0.5, 0.6) is 0 Å². The fourth-order valence-corrected chi connectivity index (χ4v) is 5.10. The van der Waals surface area contributed by atoms with Gasteiger partial charge in [-0.3, -0.25) is 14.8 Å². The molecule has 158 valence electrons. The van der Waals surface area contributed by atoms with Gasteiger partial charge < -0.3 is 4.90 Å². The zero-order valence-corrected chi connectivity index (χ0v) is 18.2. The second-order valence-electron chi connectivity index (χ2n) is 7.81. The van der Waals surface area contributed by atoms with Crippen molar-refractivity contribution in [3.05, 3.63) is 69.2 Å². The lowest BCUT2D eigenvalue weighted by Crippen LogP contribution is -2.50. The summed E-state index contributed by atoms with van der Waals surface area (Å²) in [5, 5.41) is -0.358. The van der Waals surface area contributed by atoms with Crippen LogP contribution in [0.3, 0.4) is 0 Å². The summed E-state index contributed by atoms with van der Waals surface area (Å²) < 4.78 is 14.3. The highest BCUT2D eigenvalue weighted by Gasteiger charge is 2.43. The van der Waals surface area contributed by atoms with E-state index in [0.717, 1.165) is 36.2 Å². The third-order valence-electron chi connectivity index (χ3n) is 5.96. The van der Waals surface area contributed by atoms with Gasteiger partial charge in [0.15, 0.2) is 5.82 Å². The SMILES string of the molecule is Cc1nc(-c2cnccn2)c2c(n1)[C@H]1CCC[C@@H](C2)N1C(=O)c1ccc(Cl)c(F)c1Cl. The molecule has 2 aliphatic heterocycles. The molecule has 0 spiro atoms. The number of aryl methyl sites for hydroxylation is 1. The number of benzene rings is 1. The largest absolute Gasteiger partial charge is 0.327 e. The van der Waals surface area contributed by atoms with Crippen LogP contribution in [0.4, 0.5) is 4.39 Å². The zero-order chi connectivity index (χ0) is 21.7. The molecule has 1 aromatic carbocycles. The van der Waals surface area contributed by atoms with E-state index < -0.39 is 5.82 Å². The number of piperidine rings is 1. The second kappa shape index (κ2) is 7.80. The summed E-state index contributed by atoms with van der Waals surface area (Å²) in [4.78, 5) is 33.3. The van der Waals surface area contributed by atoms with Crippen LogP contribution in [0, 0.1) is 12.7 Å². The molecule has 0 unspecified atom stereocenters. The van der Waals surface area contributed by atoms with E-state index in [2.05, 4.69) is 15.0 Å². The summed E-state index contributed by atoms with van der Waals surface area (Å²) in [6.07, 6.45) is 8.11. The molecule has 5 rings (SSSR count). The monoisotopic (exact) mass is 457 g/mol. The van der Waals surface area contributed by atoms with Gasteiger partial charge in [0.2, 0.25) is 0 Å². The Morgan fingerprint density at radius 2 is 2.03 bits per heavy atom. The molecule has 2 atom stereocenters. The summed E-state index contributed by atoms with van der Waals surface area (Å²) in [5.41, 5.74) is 3.38. The number of fused-ring (bicyclic) bond motifs is 4. The van der Waals surface area contributed by atoms with Crippen LogP contribution in [-0.2, 0) is 6.42 Å². The second-order valence-corrected chi connectivity index (χ2v) is 8.60. The van der Waals surface area contributed by atoms with Crippen molar-refractivity contribution in [3.8, 4) is 11.4 Å². The van der Waals surface area contributed by atoms with Gasteiger partial charge in [0.05, 0.1) is 39.2 Å². The maximum absolute atomic E-state index is 14.3. The molecule has 1 saturated heterocycles. The van der Waals surface area contributed by atoms with Crippen molar-refractivity contribution in [2.75, 3.05) is 0 Å². The molecule has 0 saturated carbocycles. The van der Waals surface area contributed by atoms with Crippen molar-refractivity contribution < 1.29 is 9.18 Å². The smallest absolute Gasteiger partial charge is 0.256 e. The van der Waals surface area contributed by atoms with Crippen LogP contribution in [0.15, 0.2) is 30.7 Å². The number of hydrogen-bond acceptors (Lipinski definition) is 5. The zero-order valence-electron chi connectivity index (χ0n) is 16.6. The minimum atomic E-state index is -0.778. The first-order chi connectivity index (χ1) is 15.0. The third-order valence-corrected chi connectivity index (χ3v) is 6.62. The highest BCUT2D eigenvalue weighted by Crippen LogP contribution is 2.44. The predicted octanol–water partition coefficient (Wildman–Crippen LogP) is 4.98. The van der Waals surface area contributed by atoms with Gasteiger partial charge in [-0.15, -0.1) is 0 Å². The number of hydrogen-bond donors (Lipinski definition) is 0.